The van der Waals surface area contributed by atoms with Gasteiger partial charge < -0.3 is 16.4 Å². The first-order valence-corrected chi connectivity index (χ1v) is 11.8. The van der Waals surface area contributed by atoms with E-state index in [4.69, 9.17) is 5.73 Å². The molecule has 36 heavy (non-hydrogen) atoms. The number of carbonyl (C=O) groups excluding carboxylic acids is 2. The lowest BCUT2D eigenvalue weighted by Crippen LogP contribution is -2.25. The summed E-state index contributed by atoms with van der Waals surface area (Å²) >= 11 is 0. The lowest BCUT2D eigenvalue weighted by molar-refractivity contribution is 0.0951. The smallest absolute Gasteiger partial charge is 0.324 e. The Balaban J connectivity index is 1.38. The predicted octanol–water partition coefficient (Wildman–Crippen LogP) is 4.21. The van der Waals surface area contributed by atoms with Gasteiger partial charge in [-0.3, -0.25) is 10.1 Å². The summed E-state index contributed by atoms with van der Waals surface area (Å²) in [6, 6.07) is 10.8. The summed E-state index contributed by atoms with van der Waals surface area (Å²) in [7, 11) is 0. The molecule has 0 aliphatic heterocycles. The maximum absolute atomic E-state index is 13.0. The molecule has 4 aromatic rings. The molecule has 0 radical (unpaired) electrons. The van der Waals surface area contributed by atoms with Gasteiger partial charge >= 0.3 is 6.03 Å². The third-order valence-corrected chi connectivity index (χ3v) is 6.06. The number of rotatable bonds is 5. The van der Waals surface area contributed by atoms with Crippen LogP contribution in [0.3, 0.4) is 0 Å². The number of hydrogen-bond donors (Lipinski definition) is 4. The molecule has 10 nitrogen and oxygen atoms in total. The van der Waals surface area contributed by atoms with Crippen LogP contribution in [0, 0.1) is 0 Å². The number of anilines is 3. The van der Waals surface area contributed by atoms with Gasteiger partial charge in [0.05, 0.1) is 5.56 Å². The highest BCUT2D eigenvalue weighted by Gasteiger charge is 2.27. The van der Waals surface area contributed by atoms with Crippen LogP contribution in [0.2, 0.25) is 0 Å². The van der Waals surface area contributed by atoms with Gasteiger partial charge in [-0.05, 0) is 53.6 Å². The summed E-state index contributed by atoms with van der Waals surface area (Å²) < 4.78 is 1.57. The molecular formula is C26H28N8O2. The first-order valence-electron chi connectivity index (χ1n) is 11.8. The van der Waals surface area contributed by atoms with E-state index in [0.717, 1.165) is 24.0 Å². The third-order valence-electron chi connectivity index (χ3n) is 6.06. The second kappa shape index (κ2) is 8.95. The maximum Gasteiger partial charge on any atom is 0.324 e. The van der Waals surface area contributed by atoms with E-state index in [2.05, 4.69) is 51.8 Å². The molecule has 1 aliphatic rings. The topological polar surface area (TPSA) is 139 Å². The molecule has 3 aromatic heterocycles. The standard InChI is InChI=1S/C26H28N8O2/c1-26(2,3)16-10-11-28-20(12-16)33-25(36)32-18-6-4-15(5-7-18)21-19(24(35)31-17-8-9-17)13-34-22(21)23(27)29-14-30-34/h4-7,10-14,17H,8-9H2,1-3H3,(H,31,35)(H2,27,29,30)(H2,28,32,33,36). The van der Waals surface area contributed by atoms with E-state index in [9.17, 15) is 9.59 Å². The minimum absolute atomic E-state index is 0.0578. The minimum atomic E-state index is -0.405. The molecule has 0 atom stereocenters. The van der Waals surface area contributed by atoms with Gasteiger partial charge in [0.15, 0.2) is 5.82 Å². The van der Waals surface area contributed by atoms with E-state index in [1.165, 1.54) is 6.33 Å². The Labute approximate surface area is 208 Å². The van der Waals surface area contributed by atoms with E-state index in [1.807, 2.05) is 24.3 Å². The Bertz CT molecular complexity index is 1450. The van der Waals surface area contributed by atoms with Gasteiger partial charge in [-0.2, -0.15) is 5.10 Å². The van der Waals surface area contributed by atoms with Crippen LogP contribution in [0.4, 0.5) is 22.1 Å². The summed E-state index contributed by atoms with van der Waals surface area (Å²) in [6.45, 7) is 6.30. The maximum atomic E-state index is 13.0. The number of nitrogen functional groups attached to an aromatic ring is 1. The molecule has 3 heterocycles. The summed E-state index contributed by atoms with van der Waals surface area (Å²) in [5.41, 5.74) is 10.2. The van der Waals surface area contributed by atoms with Crippen LogP contribution < -0.4 is 21.7 Å². The molecule has 10 heteroatoms. The number of fused-ring (bicyclic) bond motifs is 1. The zero-order valence-corrected chi connectivity index (χ0v) is 20.4. The van der Waals surface area contributed by atoms with Crippen LogP contribution >= 0.6 is 0 Å². The van der Waals surface area contributed by atoms with Crippen molar-refractivity contribution in [3.05, 3.63) is 66.2 Å². The Hall–Kier alpha value is -4.47. The first kappa shape index (κ1) is 23.3. The number of benzene rings is 1. The second-order valence-electron chi connectivity index (χ2n) is 9.94. The minimum Gasteiger partial charge on any atom is -0.382 e. The molecule has 0 unspecified atom stereocenters. The fourth-order valence-corrected chi connectivity index (χ4v) is 3.95. The molecule has 0 bridgehead atoms. The van der Waals surface area contributed by atoms with Crippen LogP contribution in [-0.4, -0.2) is 37.6 Å². The molecule has 0 spiro atoms. The number of carbonyl (C=O) groups is 2. The van der Waals surface area contributed by atoms with E-state index < -0.39 is 6.03 Å². The van der Waals surface area contributed by atoms with Crippen LogP contribution in [0.15, 0.2) is 55.1 Å². The number of urea groups is 1. The van der Waals surface area contributed by atoms with Gasteiger partial charge in [0.2, 0.25) is 0 Å². The lowest BCUT2D eigenvalue weighted by Gasteiger charge is -2.19. The van der Waals surface area contributed by atoms with Crippen molar-refractivity contribution in [3.63, 3.8) is 0 Å². The largest absolute Gasteiger partial charge is 0.382 e. The normalized spacial score (nSPS) is 13.4. The number of aromatic nitrogens is 4. The SMILES string of the molecule is CC(C)(C)c1ccnc(NC(=O)Nc2ccc(-c3c(C(=O)NC4CC4)cn4ncnc(N)c34)cc2)c1. The zero-order valence-electron chi connectivity index (χ0n) is 20.4. The molecular weight excluding hydrogens is 456 g/mol. The first-order chi connectivity index (χ1) is 17.2. The molecule has 0 saturated heterocycles. The summed E-state index contributed by atoms with van der Waals surface area (Å²) in [4.78, 5) is 33.9. The van der Waals surface area contributed by atoms with Crippen LogP contribution in [0.1, 0.15) is 49.5 Å². The lowest BCUT2D eigenvalue weighted by atomic mass is 9.88. The molecule has 5 rings (SSSR count). The summed E-state index contributed by atoms with van der Waals surface area (Å²) in [6.07, 6.45) is 6.66. The highest BCUT2D eigenvalue weighted by atomic mass is 16.2. The van der Waals surface area contributed by atoms with Crippen molar-refractivity contribution in [2.75, 3.05) is 16.4 Å². The number of pyridine rings is 1. The van der Waals surface area contributed by atoms with Gasteiger partial charge in [-0.15, -0.1) is 0 Å². The highest BCUT2D eigenvalue weighted by molar-refractivity contribution is 6.07. The van der Waals surface area contributed by atoms with Gasteiger partial charge in [-0.25, -0.2) is 19.3 Å². The Kier molecular flexibility index (Phi) is 5.79. The Morgan fingerprint density at radius 2 is 1.81 bits per heavy atom. The monoisotopic (exact) mass is 484 g/mol. The van der Waals surface area contributed by atoms with Gasteiger partial charge in [0, 0.05) is 29.7 Å². The molecule has 1 fully saturated rings. The van der Waals surface area contributed by atoms with Gasteiger partial charge in [0.25, 0.3) is 5.91 Å². The van der Waals surface area contributed by atoms with Gasteiger partial charge in [0.1, 0.15) is 17.7 Å². The molecule has 3 amide bonds. The Morgan fingerprint density at radius 3 is 2.50 bits per heavy atom. The number of hydrogen-bond acceptors (Lipinski definition) is 6. The van der Waals surface area contributed by atoms with Crippen LogP contribution in [0.25, 0.3) is 16.6 Å². The van der Waals surface area contributed by atoms with Crippen LogP contribution in [-0.2, 0) is 5.41 Å². The molecule has 1 saturated carbocycles. The predicted molar refractivity (Wildman–Crippen MR) is 139 cm³/mol. The van der Waals surface area contributed by atoms with Crippen molar-refractivity contribution in [2.45, 2.75) is 45.1 Å². The number of amides is 3. The van der Waals surface area contributed by atoms with Crippen LogP contribution in [0.5, 0.6) is 0 Å². The molecule has 1 aliphatic carbocycles. The van der Waals surface area contributed by atoms with E-state index in [1.54, 1.807) is 29.0 Å². The highest BCUT2D eigenvalue weighted by Crippen LogP contribution is 2.34. The van der Waals surface area contributed by atoms with Crippen molar-refractivity contribution >= 4 is 34.8 Å². The number of nitrogens with zero attached hydrogens (tertiary/aromatic N) is 4. The molecule has 1 aromatic carbocycles. The van der Waals surface area contributed by atoms with E-state index in [-0.39, 0.29) is 23.2 Å². The van der Waals surface area contributed by atoms with Crippen molar-refractivity contribution in [1.29, 1.82) is 0 Å². The van der Waals surface area contributed by atoms with Crippen molar-refractivity contribution in [1.82, 2.24) is 24.9 Å². The third kappa shape index (κ3) is 4.83. The number of nitrogens with one attached hydrogen (secondary N) is 3. The fraction of sp³-hybridized carbons (Fsp3) is 0.269. The summed E-state index contributed by atoms with van der Waals surface area (Å²) in [5, 5.41) is 12.8. The van der Waals surface area contributed by atoms with Crippen molar-refractivity contribution in [3.8, 4) is 11.1 Å². The number of nitrogens with two attached hydrogens (primary N) is 1. The van der Waals surface area contributed by atoms with E-state index in [0.29, 0.717) is 28.1 Å². The quantitative estimate of drug-likeness (QED) is 0.335. The molecule has 5 N–H and O–H groups in total. The van der Waals surface area contributed by atoms with Crippen molar-refractivity contribution in [2.24, 2.45) is 0 Å². The Morgan fingerprint density at radius 1 is 1.06 bits per heavy atom. The zero-order chi connectivity index (χ0) is 25.4. The average molecular weight is 485 g/mol. The van der Waals surface area contributed by atoms with Crippen molar-refractivity contribution < 1.29 is 9.59 Å². The van der Waals surface area contributed by atoms with E-state index >= 15 is 0 Å². The average Bonchev–Trinajstić information content (AvgIpc) is 3.55. The summed E-state index contributed by atoms with van der Waals surface area (Å²) in [5.74, 6) is 0.569. The molecule has 184 valence electrons. The second-order valence-corrected chi connectivity index (χ2v) is 9.94. The fourth-order valence-electron chi connectivity index (χ4n) is 3.95. The van der Waals surface area contributed by atoms with Gasteiger partial charge in [-0.1, -0.05) is 32.9 Å².